The topological polar surface area (TPSA) is 25.8 Å². The van der Waals surface area contributed by atoms with Crippen LogP contribution in [-0.2, 0) is 0 Å². The molecule has 2 nitrogen and oxygen atoms in total. The van der Waals surface area contributed by atoms with Gasteiger partial charge in [0.1, 0.15) is 0 Å². The van der Waals surface area contributed by atoms with Crippen LogP contribution in [0.2, 0.25) is 0 Å². The fourth-order valence-electron chi connectivity index (χ4n) is 6.60. The first-order chi connectivity index (χ1) is 22.8. The Morgan fingerprint density at radius 1 is 0.261 bits per heavy atom. The van der Waals surface area contributed by atoms with Crippen LogP contribution in [0.4, 0.5) is 0 Å². The van der Waals surface area contributed by atoms with Crippen LogP contribution in [-0.4, -0.2) is 9.97 Å². The quantitative estimate of drug-likeness (QED) is 0.192. The van der Waals surface area contributed by atoms with Gasteiger partial charge in [-0.1, -0.05) is 140 Å². The van der Waals surface area contributed by atoms with E-state index in [-0.39, 0.29) is 0 Å². The Bertz CT molecular complexity index is 2390. The second-order valence-electron chi connectivity index (χ2n) is 11.9. The molecule has 0 saturated heterocycles. The summed E-state index contributed by atoms with van der Waals surface area (Å²) < 4.78 is 0. The van der Waals surface area contributed by atoms with Gasteiger partial charge in [0.25, 0.3) is 0 Å². The lowest BCUT2D eigenvalue weighted by Gasteiger charge is -2.11. The van der Waals surface area contributed by atoms with Crippen LogP contribution in [0.15, 0.2) is 170 Å². The molecule has 0 unspecified atom stereocenters. The van der Waals surface area contributed by atoms with Crippen LogP contribution < -0.4 is 0 Å². The molecule has 214 valence electrons. The van der Waals surface area contributed by atoms with Crippen molar-refractivity contribution in [2.45, 2.75) is 0 Å². The van der Waals surface area contributed by atoms with Crippen molar-refractivity contribution in [2.24, 2.45) is 0 Å². The van der Waals surface area contributed by atoms with Gasteiger partial charge >= 0.3 is 0 Å². The molecule has 0 bridgehead atoms. The van der Waals surface area contributed by atoms with Crippen molar-refractivity contribution in [2.75, 3.05) is 0 Å². The van der Waals surface area contributed by atoms with Crippen LogP contribution in [0.25, 0.3) is 88.1 Å². The van der Waals surface area contributed by atoms with E-state index in [1.54, 1.807) is 0 Å². The molecule has 0 aliphatic rings. The molecule has 0 fully saturated rings. The normalized spacial score (nSPS) is 11.5. The predicted octanol–water partition coefficient (Wildman–Crippen LogP) is 11.8. The zero-order valence-electron chi connectivity index (χ0n) is 25.1. The Hall–Kier alpha value is -6.12. The summed E-state index contributed by atoms with van der Waals surface area (Å²) in [4.78, 5) is 10.3. The van der Waals surface area contributed by atoms with Gasteiger partial charge in [0.15, 0.2) is 0 Å². The van der Waals surface area contributed by atoms with Gasteiger partial charge in [0, 0.05) is 21.9 Å². The second-order valence-corrected chi connectivity index (χ2v) is 11.9. The number of hydrogen-bond acceptors (Lipinski definition) is 2. The molecule has 0 N–H and O–H groups in total. The number of fused-ring (bicyclic) bond motifs is 6. The summed E-state index contributed by atoms with van der Waals surface area (Å²) in [6.45, 7) is 0. The highest BCUT2D eigenvalue weighted by Crippen LogP contribution is 2.35. The molecule has 9 rings (SSSR count). The van der Waals surface area contributed by atoms with E-state index >= 15 is 0 Å². The van der Waals surface area contributed by atoms with E-state index in [1.165, 1.54) is 43.8 Å². The van der Waals surface area contributed by atoms with Crippen LogP contribution in [0.5, 0.6) is 0 Å². The van der Waals surface area contributed by atoms with Gasteiger partial charge in [-0.25, -0.2) is 9.97 Å². The van der Waals surface area contributed by atoms with Crippen molar-refractivity contribution in [1.82, 2.24) is 9.97 Å². The van der Waals surface area contributed by atoms with E-state index in [0.29, 0.717) is 0 Å². The number of nitrogens with zero attached hydrogens (tertiary/aromatic N) is 2. The summed E-state index contributed by atoms with van der Waals surface area (Å²) in [6, 6.07) is 60.5. The van der Waals surface area contributed by atoms with Gasteiger partial charge in [-0.3, -0.25) is 0 Å². The predicted molar refractivity (Wildman–Crippen MR) is 194 cm³/mol. The van der Waals surface area contributed by atoms with Gasteiger partial charge in [0.05, 0.1) is 22.4 Å². The minimum absolute atomic E-state index is 0.921. The van der Waals surface area contributed by atoms with Gasteiger partial charge < -0.3 is 0 Å². The lowest BCUT2D eigenvalue weighted by atomic mass is 9.94. The summed E-state index contributed by atoms with van der Waals surface area (Å²) in [6.07, 6.45) is 0. The third-order valence-corrected chi connectivity index (χ3v) is 9.03. The van der Waals surface area contributed by atoms with Crippen molar-refractivity contribution >= 4 is 43.4 Å². The first kappa shape index (κ1) is 26.3. The fraction of sp³-hybridized carbons (Fsp3) is 0. The molecule has 0 aliphatic heterocycles. The minimum atomic E-state index is 0.921. The molecule has 7 aromatic carbocycles. The Morgan fingerprint density at radius 3 is 1.28 bits per heavy atom. The molecule has 0 spiro atoms. The summed E-state index contributed by atoms with van der Waals surface area (Å²) in [7, 11) is 0. The Labute approximate surface area is 267 Å². The highest BCUT2D eigenvalue weighted by molar-refractivity contribution is 6.10. The Kier molecular flexibility index (Phi) is 6.17. The maximum atomic E-state index is 5.21. The van der Waals surface area contributed by atoms with E-state index < -0.39 is 0 Å². The van der Waals surface area contributed by atoms with E-state index in [2.05, 4.69) is 152 Å². The van der Waals surface area contributed by atoms with Crippen LogP contribution in [0.1, 0.15) is 0 Å². The molecule has 46 heavy (non-hydrogen) atoms. The monoisotopic (exact) mass is 584 g/mol. The molecular weight excluding hydrogens is 556 g/mol. The maximum absolute atomic E-state index is 5.21. The summed E-state index contributed by atoms with van der Waals surface area (Å²) in [5.41, 5.74) is 10.7. The molecule has 0 aliphatic carbocycles. The molecule has 0 radical (unpaired) electrons. The molecule has 2 heterocycles. The molecule has 2 aromatic heterocycles. The van der Waals surface area contributed by atoms with Crippen LogP contribution >= 0.6 is 0 Å². The molecule has 2 heteroatoms. The standard InChI is InChI=1S/C44H28N2/c1-3-8-29(9-4-1)36-20-16-30-14-15-31-17-21-37(28-40(31)39(30)27-36)35-12-7-13-38(26-35)42-25-23-34-19-18-33-22-24-41(32-10-5-2-6-11-32)45-43(33)44(34)46-42/h1-28H. The van der Waals surface area contributed by atoms with Gasteiger partial charge in [-0.05, 0) is 74.1 Å². The Balaban J connectivity index is 1.15. The summed E-state index contributed by atoms with van der Waals surface area (Å²) >= 11 is 0. The molecule has 0 saturated carbocycles. The maximum Gasteiger partial charge on any atom is 0.0972 e. The summed E-state index contributed by atoms with van der Waals surface area (Å²) in [5.74, 6) is 0. The number of rotatable bonds is 4. The summed E-state index contributed by atoms with van der Waals surface area (Å²) in [5, 5.41) is 7.18. The van der Waals surface area contributed by atoms with Crippen molar-refractivity contribution in [1.29, 1.82) is 0 Å². The second kappa shape index (κ2) is 10.8. The number of pyridine rings is 2. The third-order valence-electron chi connectivity index (χ3n) is 9.03. The fourth-order valence-corrected chi connectivity index (χ4v) is 6.60. The van der Waals surface area contributed by atoms with Crippen LogP contribution in [0, 0.1) is 0 Å². The molecule has 0 atom stereocenters. The van der Waals surface area contributed by atoms with Crippen molar-refractivity contribution in [3.63, 3.8) is 0 Å². The van der Waals surface area contributed by atoms with Crippen LogP contribution in [0.3, 0.4) is 0 Å². The van der Waals surface area contributed by atoms with Gasteiger partial charge in [-0.15, -0.1) is 0 Å². The van der Waals surface area contributed by atoms with E-state index in [1.807, 2.05) is 18.2 Å². The third kappa shape index (κ3) is 4.60. The Morgan fingerprint density at radius 2 is 0.674 bits per heavy atom. The lowest BCUT2D eigenvalue weighted by Crippen LogP contribution is -1.91. The lowest BCUT2D eigenvalue weighted by molar-refractivity contribution is 1.36. The van der Waals surface area contributed by atoms with Crippen molar-refractivity contribution in [3.05, 3.63) is 170 Å². The number of hydrogen-bond donors (Lipinski definition) is 0. The SMILES string of the molecule is c1ccc(-c2ccc3ccc4ccc(-c5cccc(-c6ccc7ccc8ccc(-c9ccccc9)nc8c7n6)c5)cc4c3c2)cc1. The zero-order valence-corrected chi connectivity index (χ0v) is 25.1. The highest BCUT2D eigenvalue weighted by Gasteiger charge is 2.11. The molecule has 9 aromatic rings. The first-order valence-corrected chi connectivity index (χ1v) is 15.7. The number of aromatic nitrogens is 2. The van der Waals surface area contributed by atoms with Crippen molar-refractivity contribution in [3.8, 4) is 44.8 Å². The largest absolute Gasteiger partial charge is 0.245 e. The molecule has 0 amide bonds. The average molecular weight is 585 g/mol. The van der Waals surface area contributed by atoms with E-state index in [0.717, 1.165) is 44.3 Å². The zero-order chi connectivity index (χ0) is 30.5. The van der Waals surface area contributed by atoms with Crippen molar-refractivity contribution < 1.29 is 0 Å². The first-order valence-electron chi connectivity index (χ1n) is 15.7. The van der Waals surface area contributed by atoms with E-state index in [9.17, 15) is 0 Å². The average Bonchev–Trinajstić information content (AvgIpc) is 3.14. The van der Waals surface area contributed by atoms with E-state index in [4.69, 9.17) is 9.97 Å². The molecular formula is C44H28N2. The van der Waals surface area contributed by atoms with Gasteiger partial charge in [0.2, 0.25) is 0 Å². The number of benzene rings is 7. The highest BCUT2D eigenvalue weighted by atomic mass is 14.8. The van der Waals surface area contributed by atoms with Gasteiger partial charge in [-0.2, -0.15) is 0 Å². The minimum Gasteiger partial charge on any atom is -0.245 e. The smallest absolute Gasteiger partial charge is 0.0972 e.